The van der Waals surface area contributed by atoms with Gasteiger partial charge in [-0.3, -0.25) is 4.99 Å². The summed E-state index contributed by atoms with van der Waals surface area (Å²) in [6.45, 7) is 4.13. The molecule has 0 N–H and O–H groups in total. The Balaban J connectivity index is 1.91. The van der Waals surface area contributed by atoms with Gasteiger partial charge in [-0.05, 0) is 32.0 Å². The minimum atomic E-state index is -3.02. The molecule has 7 heteroatoms. The van der Waals surface area contributed by atoms with E-state index in [0.29, 0.717) is 5.02 Å². The zero-order valence-electron chi connectivity index (χ0n) is 13.1. The van der Waals surface area contributed by atoms with Gasteiger partial charge in [-0.25, -0.2) is 8.42 Å². The Bertz CT molecular complexity index is 770. The van der Waals surface area contributed by atoms with Crippen LogP contribution in [0.4, 0.5) is 5.69 Å². The number of hydrogen-bond acceptors (Lipinski definition) is 5. The highest BCUT2D eigenvalue weighted by Crippen LogP contribution is 2.35. The van der Waals surface area contributed by atoms with E-state index >= 15 is 0 Å². The Labute approximate surface area is 146 Å². The van der Waals surface area contributed by atoms with Gasteiger partial charge in [0, 0.05) is 16.5 Å². The first-order chi connectivity index (χ1) is 10.9. The molecular formula is C16H19ClN2O2S2. The molecule has 4 nitrogen and oxygen atoms in total. The molecule has 0 radical (unpaired) electrons. The van der Waals surface area contributed by atoms with E-state index in [1.54, 1.807) is 11.8 Å². The van der Waals surface area contributed by atoms with Crippen LogP contribution in [0, 0.1) is 0 Å². The van der Waals surface area contributed by atoms with Crippen molar-refractivity contribution in [3.05, 3.63) is 40.9 Å². The second-order valence-corrected chi connectivity index (χ2v) is 9.64. The molecular weight excluding hydrogens is 352 g/mol. The molecule has 0 spiro atoms. The molecule has 124 valence electrons. The lowest BCUT2D eigenvalue weighted by molar-refractivity contribution is 0.601. The maximum atomic E-state index is 12.0. The van der Waals surface area contributed by atoms with Gasteiger partial charge in [-0.1, -0.05) is 41.1 Å². The number of fused-ring (bicyclic) bond motifs is 1. The van der Waals surface area contributed by atoms with Crippen LogP contribution in [-0.4, -0.2) is 42.9 Å². The number of allylic oxidation sites excluding steroid dienone is 1. The van der Waals surface area contributed by atoms with E-state index in [1.165, 1.54) is 5.57 Å². The number of rotatable bonds is 3. The number of amidine groups is 1. The molecule has 1 aromatic carbocycles. The first kappa shape index (κ1) is 16.9. The van der Waals surface area contributed by atoms with E-state index in [1.807, 2.05) is 29.2 Å². The summed E-state index contributed by atoms with van der Waals surface area (Å²) in [6.07, 6.45) is 2.15. The maximum absolute atomic E-state index is 12.0. The standard InChI is InChI=1S/C16H19ClN2O2S2/c1-11(2)6-7-22-16-18-14-9-23(20,21)10-15(14)19(16)13-5-3-4-12(17)8-13/h3-6,8,14-15H,7,9-10H2,1-2H3/t14-,15+/m1/s1. The molecule has 2 aliphatic rings. The Morgan fingerprint density at radius 3 is 2.91 bits per heavy atom. The summed E-state index contributed by atoms with van der Waals surface area (Å²) in [5.41, 5.74) is 2.17. The van der Waals surface area contributed by atoms with Crippen molar-refractivity contribution in [1.82, 2.24) is 0 Å². The molecule has 2 aliphatic heterocycles. The predicted octanol–water partition coefficient (Wildman–Crippen LogP) is 3.38. The van der Waals surface area contributed by atoms with E-state index in [-0.39, 0.29) is 23.6 Å². The van der Waals surface area contributed by atoms with Crippen LogP contribution in [0.5, 0.6) is 0 Å². The second-order valence-electron chi connectivity index (χ2n) is 6.07. The number of hydrogen-bond donors (Lipinski definition) is 0. The van der Waals surface area contributed by atoms with E-state index in [2.05, 4.69) is 24.9 Å². The highest BCUT2D eigenvalue weighted by Gasteiger charge is 2.47. The number of nitrogens with zero attached hydrogens (tertiary/aromatic N) is 2. The van der Waals surface area contributed by atoms with Crippen LogP contribution in [0.2, 0.25) is 5.02 Å². The molecule has 2 atom stereocenters. The van der Waals surface area contributed by atoms with Crippen LogP contribution in [0.1, 0.15) is 13.8 Å². The van der Waals surface area contributed by atoms with E-state index in [9.17, 15) is 8.42 Å². The molecule has 3 rings (SSSR count). The highest BCUT2D eigenvalue weighted by atomic mass is 35.5. The largest absolute Gasteiger partial charge is 0.315 e. The fourth-order valence-corrected chi connectivity index (χ4v) is 6.03. The fraction of sp³-hybridized carbons (Fsp3) is 0.438. The number of thioether (sulfide) groups is 1. The van der Waals surface area contributed by atoms with Crippen LogP contribution in [0.25, 0.3) is 0 Å². The second kappa shape index (κ2) is 6.49. The van der Waals surface area contributed by atoms with Crippen LogP contribution >= 0.6 is 23.4 Å². The first-order valence-corrected chi connectivity index (χ1v) is 10.6. The van der Waals surface area contributed by atoms with Crippen molar-refractivity contribution in [3.63, 3.8) is 0 Å². The summed E-state index contributed by atoms with van der Waals surface area (Å²) < 4.78 is 23.9. The molecule has 23 heavy (non-hydrogen) atoms. The van der Waals surface area contributed by atoms with Crippen molar-refractivity contribution < 1.29 is 8.42 Å². The fourth-order valence-electron chi connectivity index (χ4n) is 2.84. The van der Waals surface area contributed by atoms with Crippen LogP contribution < -0.4 is 4.90 Å². The van der Waals surface area contributed by atoms with Gasteiger partial charge in [-0.2, -0.15) is 0 Å². The molecule has 0 aromatic heterocycles. The zero-order chi connectivity index (χ0) is 16.6. The minimum absolute atomic E-state index is 0.118. The minimum Gasteiger partial charge on any atom is -0.315 e. The number of halogens is 1. The molecule has 0 unspecified atom stereocenters. The highest BCUT2D eigenvalue weighted by molar-refractivity contribution is 8.14. The zero-order valence-corrected chi connectivity index (χ0v) is 15.5. The number of aliphatic imine (C=N–C) groups is 1. The average Bonchev–Trinajstić information content (AvgIpc) is 2.89. The third kappa shape index (κ3) is 3.75. The van der Waals surface area contributed by atoms with Gasteiger partial charge in [-0.15, -0.1) is 0 Å². The normalized spacial score (nSPS) is 25.2. The Morgan fingerprint density at radius 1 is 1.43 bits per heavy atom. The van der Waals surface area contributed by atoms with Gasteiger partial charge in [0.05, 0.1) is 23.6 Å². The van der Waals surface area contributed by atoms with Gasteiger partial charge >= 0.3 is 0 Å². The molecule has 1 fully saturated rings. The predicted molar refractivity (Wildman–Crippen MR) is 99.5 cm³/mol. The lowest BCUT2D eigenvalue weighted by Crippen LogP contribution is -2.39. The molecule has 1 saturated heterocycles. The first-order valence-electron chi connectivity index (χ1n) is 7.45. The summed E-state index contributed by atoms with van der Waals surface area (Å²) in [5.74, 6) is 1.12. The van der Waals surface area contributed by atoms with Crippen molar-refractivity contribution in [3.8, 4) is 0 Å². The van der Waals surface area contributed by atoms with Crippen molar-refractivity contribution in [2.45, 2.75) is 25.9 Å². The Morgan fingerprint density at radius 2 is 2.22 bits per heavy atom. The summed E-state index contributed by atoms with van der Waals surface area (Å²) >= 11 is 7.75. The third-order valence-electron chi connectivity index (χ3n) is 3.90. The maximum Gasteiger partial charge on any atom is 0.164 e. The van der Waals surface area contributed by atoms with Gasteiger partial charge < -0.3 is 4.90 Å². The molecule has 0 amide bonds. The van der Waals surface area contributed by atoms with E-state index < -0.39 is 9.84 Å². The monoisotopic (exact) mass is 370 g/mol. The van der Waals surface area contributed by atoms with Crippen molar-refractivity contribution in [2.24, 2.45) is 4.99 Å². The number of benzene rings is 1. The Kier molecular flexibility index (Phi) is 4.76. The van der Waals surface area contributed by atoms with Crippen LogP contribution in [0.3, 0.4) is 0 Å². The van der Waals surface area contributed by atoms with Gasteiger partial charge in [0.25, 0.3) is 0 Å². The molecule has 2 heterocycles. The smallest absolute Gasteiger partial charge is 0.164 e. The van der Waals surface area contributed by atoms with Gasteiger partial charge in [0.15, 0.2) is 15.0 Å². The van der Waals surface area contributed by atoms with Crippen molar-refractivity contribution >= 4 is 44.1 Å². The quantitative estimate of drug-likeness (QED) is 0.765. The molecule has 0 saturated carbocycles. The topological polar surface area (TPSA) is 49.7 Å². The summed E-state index contributed by atoms with van der Waals surface area (Å²) in [7, 11) is -3.02. The SMILES string of the molecule is CC(C)=CCSC1=N[C@@H]2CS(=O)(=O)C[C@@H]2N1c1cccc(Cl)c1. The van der Waals surface area contributed by atoms with Crippen LogP contribution in [0.15, 0.2) is 40.9 Å². The van der Waals surface area contributed by atoms with E-state index in [0.717, 1.165) is 16.6 Å². The third-order valence-corrected chi connectivity index (χ3v) is 6.73. The summed E-state index contributed by atoms with van der Waals surface area (Å²) in [6, 6.07) is 7.23. The van der Waals surface area contributed by atoms with E-state index in [4.69, 9.17) is 11.6 Å². The van der Waals surface area contributed by atoms with Crippen LogP contribution in [-0.2, 0) is 9.84 Å². The van der Waals surface area contributed by atoms with Crippen molar-refractivity contribution in [1.29, 1.82) is 0 Å². The number of sulfone groups is 1. The average molecular weight is 371 g/mol. The molecule has 0 aliphatic carbocycles. The summed E-state index contributed by atoms with van der Waals surface area (Å²) in [4.78, 5) is 6.73. The lowest BCUT2D eigenvalue weighted by atomic mass is 10.1. The Hall–Kier alpha value is -0.980. The number of anilines is 1. The molecule has 0 bridgehead atoms. The van der Waals surface area contributed by atoms with Crippen molar-refractivity contribution in [2.75, 3.05) is 22.2 Å². The van der Waals surface area contributed by atoms with Gasteiger partial charge in [0.2, 0.25) is 0 Å². The lowest BCUT2D eigenvalue weighted by Gasteiger charge is -2.26. The molecule has 1 aromatic rings. The summed E-state index contributed by atoms with van der Waals surface area (Å²) in [5, 5.41) is 1.52. The van der Waals surface area contributed by atoms with Gasteiger partial charge in [0.1, 0.15) is 0 Å².